The van der Waals surface area contributed by atoms with E-state index in [1.165, 1.54) is 5.56 Å². The fraction of sp³-hybridized carbons (Fsp3) is 0.409. The van der Waals surface area contributed by atoms with Crippen molar-refractivity contribution in [1.29, 1.82) is 0 Å². The Labute approximate surface area is 151 Å². The van der Waals surface area contributed by atoms with Crippen molar-refractivity contribution in [2.75, 3.05) is 0 Å². The van der Waals surface area contributed by atoms with Gasteiger partial charge in [-0.15, -0.1) is 0 Å². The average Bonchev–Trinajstić information content (AvgIpc) is 2.54. The van der Waals surface area contributed by atoms with E-state index in [9.17, 15) is 4.79 Å². The van der Waals surface area contributed by atoms with Crippen molar-refractivity contribution in [3.63, 3.8) is 0 Å². The molecule has 2 atom stereocenters. The maximum absolute atomic E-state index is 12.4. The number of ether oxygens (including phenoxy) is 1. The summed E-state index contributed by atoms with van der Waals surface area (Å²) in [4.78, 5) is 12.4. The number of amides is 1. The summed E-state index contributed by atoms with van der Waals surface area (Å²) in [5.41, 5.74) is 3.61. The van der Waals surface area contributed by atoms with Crippen LogP contribution in [0, 0.1) is 6.92 Å². The van der Waals surface area contributed by atoms with Gasteiger partial charge in [-0.2, -0.15) is 0 Å². The molecule has 0 heterocycles. The molecule has 3 nitrogen and oxygen atoms in total. The first-order chi connectivity index (χ1) is 11.7. The number of nitrogens with one attached hydrogen (secondary N) is 1. The molecule has 0 aliphatic heterocycles. The molecule has 2 rings (SSSR count). The molecule has 3 heteroatoms. The highest BCUT2D eigenvalue weighted by molar-refractivity contribution is 5.81. The van der Waals surface area contributed by atoms with Crippen molar-refractivity contribution < 1.29 is 9.53 Å². The summed E-state index contributed by atoms with van der Waals surface area (Å²) in [7, 11) is 0. The lowest BCUT2D eigenvalue weighted by molar-refractivity contribution is -0.127. The highest BCUT2D eigenvalue weighted by Gasteiger charge is 2.19. The van der Waals surface area contributed by atoms with Gasteiger partial charge in [0.1, 0.15) is 5.75 Å². The van der Waals surface area contributed by atoms with E-state index in [1.807, 2.05) is 38.1 Å². The molecule has 134 valence electrons. The normalized spacial score (nSPS) is 13.8. The third-order valence-corrected chi connectivity index (χ3v) is 4.31. The molecule has 2 aromatic rings. The largest absolute Gasteiger partial charge is 0.481 e. The van der Waals surface area contributed by atoms with E-state index in [1.54, 1.807) is 6.92 Å². The smallest absolute Gasteiger partial charge is 0.261 e. The Morgan fingerprint density at radius 1 is 1.04 bits per heavy atom. The molecule has 0 unspecified atom stereocenters. The minimum absolute atomic E-state index is 0.0647. The summed E-state index contributed by atoms with van der Waals surface area (Å²) < 4.78 is 5.75. The van der Waals surface area contributed by atoms with Crippen LogP contribution in [-0.4, -0.2) is 12.0 Å². The Balaban J connectivity index is 1.97. The van der Waals surface area contributed by atoms with Crippen molar-refractivity contribution in [2.24, 2.45) is 0 Å². The topological polar surface area (TPSA) is 38.3 Å². The first-order valence-corrected chi connectivity index (χ1v) is 8.81. The van der Waals surface area contributed by atoms with Crippen molar-refractivity contribution in [3.8, 4) is 5.75 Å². The van der Waals surface area contributed by atoms with Gasteiger partial charge in [0.25, 0.3) is 5.91 Å². The molecule has 0 fully saturated rings. The molecule has 2 aromatic carbocycles. The van der Waals surface area contributed by atoms with Crippen LogP contribution in [-0.2, 0) is 10.2 Å². The van der Waals surface area contributed by atoms with Gasteiger partial charge in [0.15, 0.2) is 6.10 Å². The highest BCUT2D eigenvalue weighted by Crippen LogP contribution is 2.24. The van der Waals surface area contributed by atoms with Crippen LogP contribution in [0.25, 0.3) is 0 Å². The summed E-state index contributed by atoms with van der Waals surface area (Å²) >= 11 is 0. The number of benzene rings is 2. The molecular formula is C22H29NO2. The fourth-order valence-corrected chi connectivity index (χ4v) is 2.63. The van der Waals surface area contributed by atoms with Crippen LogP contribution in [0.3, 0.4) is 0 Å². The van der Waals surface area contributed by atoms with Gasteiger partial charge < -0.3 is 10.1 Å². The Kier molecular flexibility index (Phi) is 5.89. The molecule has 0 bridgehead atoms. The molecule has 0 radical (unpaired) electrons. The van der Waals surface area contributed by atoms with Gasteiger partial charge in [-0.1, -0.05) is 57.2 Å². The van der Waals surface area contributed by atoms with Gasteiger partial charge in [0.05, 0.1) is 6.04 Å². The Hall–Kier alpha value is -2.29. The van der Waals surface area contributed by atoms with Crippen LogP contribution < -0.4 is 10.1 Å². The van der Waals surface area contributed by atoms with Crippen molar-refractivity contribution in [1.82, 2.24) is 5.32 Å². The molecule has 1 N–H and O–H groups in total. The van der Waals surface area contributed by atoms with Gasteiger partial charge in [-0.05, 0) is 55.0 Å². The van der Waals surface area contributed by atoms with Crippen molar-refractivity contribution in [2.45, 2.75) is 59.1 Å². The Morgan fingerprint density at radius 3 is 2.24 bits per heavy atom. The predicted molar refractivity (Wildman–Crippen MR) is 103 cm³/mol. The van der Waals surface area contributed by atoms with Crippen LogP contribution in [0.4, 0.5) is 0 Å². The lowest BCUT2D eigenvalue weighted by Gasteiger charge is -2.22. The molecule has 0 spiro atoms. The van der Waals surface area contributed by atoms with Gasteiger partial charge in [0, 0.05) is 0 Å². The fourth-order valence-electron chi connectivity index (χ4n) is 2.63. The third kappa shape index (κ3) is 5.35. The Bertz CT molecular complexity index is 714. The second-order valence-electron chi connectivity index (χ2n) is 7.68. The van der Waals surface area contributed by atoms with E-state index in [4.69, 9.17) is 4.74 Å². The standard InChI is InChI=1S/C22H29NO2/c1-15-8-7-9-20(14-15)25-17(3)21(24)23-16(2)18-10-12-19(13-11-18)22(4,5)6/h7-14,16-17H,1-6H3,(H,23,24)/t16-,17-/m1/s1. The highest BCUT2D eigenvalue weighted by atomic mass is 16.5. The molecule has 0 aromatic heterocycles. The van der Waals surface area contributed by atoms with Gasteiger partial charge in [0.2, 0.25) is 0 Å². The van der Waals surface area contributed by atoms with Gasteiger partial charge in [-0.3, -0.25) is 4.79 Å². The van der Waals surface area contributed by atoms with E-state index >= 15 is 0 Å². The minimum Gasteiger partial charge on any atom is -0.481 e. The second-order valence-corrected chi connectivity index (χ2v) is 7.68. The van der Waals surface area contributed by atoms with E-state index in [0.29, 0.717) is 5.75 Å². The molecule has 1 amide bonds. The minimum atomic E-state index is -0.543. The number of rotatable bonds is 5. The molecular weight excluding hydrogens is 310 g/mol. The van der Waals surface area contributed by atoms with Crippen LogP contribution in [0.2, 0.25) is 0 Å². The number of hydrogen-bond donors (Lipinski definition) is 1. The summed E-state index contributed by atoms with van der Waals surface area (Å²) in [5, 5.41) is 3.03. The molecule has 0 aliphatic carbocycles. The zero-order chi connectivity index (χ0) is 18.6. The van der Waals surface area contributed by atoms with Gasteiger partial charge >= 0.3 is 0 Å². The number of hydrogen-bond acceptors (Lipinski definition) is 2. The summed E-state index contributed by atoms with van der Waals surface area (Å²) in [6.45, 7) is 12.3. The number of aryl methyl sites for hydroxylation is 1. The van der Waals surface area contributed by atoms with E-state index in [2.05, 4.69) is 50.4 Å². The monoisotopic (exact) mass is 339 g/mol. The van der Waals surface area contributed by atoms with Crippen molar-refractivity contribution in [3.05, 3.63) is 65.2 Å². The third-order valence-electron chi connectivity index (χ3n) is 4.31. The van der Waals surface area contributed by atoms with Gasteiger partial charge in [-0.25, -0.2) is 0 Å². The molecule has 0 saturated carbocycles. The van der Waals surface area contributed by atoms with Crippen LogP contribution in [0.5, 0.6) is 5.75 Å². The molecule has 0 aliphatic rings. The molecule has 0 saturated heterocycles. The zero-order valence-electron chi connectivity index (χ0n) is 16.1. The lowest BCUT2D eigenvalue weighted by Crippen LogP contribution is -2.37. The summed E-state index contributed by atoms with van der Waals surface area (Å²) in [6.07, 6.45) is -0.543. The zero-order valence-corrected chi connectivity index (χ0v) is 16.1. The van der Waals surface area contributed by atoms with Crippen molar-refractivity contribution >= 4 is 5.91 Å². The van der Waals surface area contributed by atoms with Crippen LogP contribution in [0.1, 0.15) is 57.4 Å². The summed E-state index contributed by atoms with van der Waals surface area (Å²) in [6, 6.07) is 16.1. The van der Waals surface area contributed by atoms with Crippen LogP contribution in [0.15, 0.2) is 48.5 Å². The van der Waals surface area contributed by atoms with E-state index in [0.717, 1.165) is 11.1 Å². The van der Waals surface area contributed by atoms with E-state index < -0.39 is 6.10 Å². The SMILES string of the molecule is Cc1cccc(O[C@H](C)C(=O)N[C@H](C)c2ccc(C(C)(C)C)cc2)c1. The van der Waals surface area contributed by atoms with E-state index in [-0.39, 0.29) is 17.4 Å². The summed E-state index contributed by atoms with van der Waals surface area (Å²) in [5.74, 6) is 0.596. The second kappa shape index (κ2) is 7.73. The number of carbonyl (C=O) groups excluding carboxylic acids is 1. The number of carbonyl (C=O) groups is 1. The molecule has 25 heavy (non-hydrogen) atoms. The lowest BCUT2D eigenvalue weighted by atomic mass is 9.86. The van der Waals surface area contributed by atoms with Crippen LogP contribution >= 0.6 is 0 Å². The predicted octanol–water partition coefficient (Wildman–Crippen LogP) is 4.94. The first kappa shape index (κ1) is 19.0. The Morgan fingerprint density at radius 2 is 1.68 bits per heavy atom. The maximum atomic E-state index is 12.4. The first-order valence-electron chi connectivity index (χ1n) is 8.81. The maximum Gasteiger partial charge on any atom is 0.261 e. The average molecular weight is 339 g/mol. The quantitative estimate of drug-likeness (QED) is 0.838.